The van der Waals surface area contributed by atoms with Gasteiger partial charge in [0.05, 0.1) is 11.9 Å². The third kappa shape index (κ3) is 2.26. The van der Waals surface area contributed by atoms with Crippen molar-refractivity contribution >= 4 is 5.82 Å². The van der Waals surface area contributed by atoms with Gasteiger partial charge in [-0.25, -0.2) is 4.98 Å². The highest BCUT2D eigenvalue weighted by Crippen LogP contribution is 2.35. The van der Waals surface area contributed by atoms with Crippen molar-refractivity contribution in [2.75, 3.05) is 11.9 Å². The first-order valence-electron chi connectivity index (χ1n) is 5.46. The van der Waals surface area contributed by atoms with E-state index in [0.29, 0.717) is 12.6 Å². The van der Waals surface area contributed by atoms with E-state index < -0.39 is 0 Å². The summed E-state index contributed by atoms with van der Waals surface area (Å²) in [4.78, 5) is 10.8. The zero-order chi connectivity index (χ0) is 10.8. The molecule has 4 nitrogen and oxygen atoms in total. The number of hydrogen-bond donors (Lipinski definition) is 1. The first kappa shape index (κ1) is 10.4. The van der Waals surface area contributed by atoms with Gasteiger partial charge < -0.3 is 10.6 Å². The number of rotatable bonds is 4. The molecule has 1 aromatic rings. The minimum atomic E-state index is 0.451. The van der Waals surface area contributed by atoms with Gasteiger partial charge in [-0.3, -0.25) is 4.98 Å². The van der Waals surface area contributed by atoms with Gasteiger partial charge in [0.2, 0.25) is 0 Å². The molecule has 0 aliphatic heterocycles. The molecule has 4 heteroatoms. The molecule has 1 aliphatic carbocycles. The Bertz CT molecular complexity index is 335. The Morgan fingerprint density at radius 2 is 2.27 bits per heavy atom. The molecule has 2 rings (SSSR count). The maximum atomic E-state index is 5.55. The van der Waals surface area contributed by atoms with Crippen molar-refractivity contribution in [1.29, 1.82) is 0 Å². The summed E-state index contributed by atoms with van der Waals surface area (Å²) in [6.07, 6.45) is 6.21. The van der Waals surface area contributed by atoms with Gasteiger partial charge in [0.1, 0.15) is 5.82 Å². The molecule has 15 heavy (non-hydrogen) atoms. The largest absolute Gasteiger partial charge is 0.355 e. The zero-order valence-corrected chi connectivity index (χ0v) is 9.35. The maximum absolute atomic E-state index is 5.55. The van der Waals surface area contributed by atoms with E-state index in [4.69, 9.17) is 5.73 Å². The molecule has 1 fully saturated rings. The fourth-order valence-electron chi connectivity index (χ4n) is 1.77. The van der Waals surface area contributed by atoms with Crippen molar-refractivity contribution < 1.29 is 0 Å². The van der Waals surface area contributed by atoms with Gasteiger partial charge in [-0.15, -0.1) is 0 Å². The summed E-state index contributed by atoms with van der Waals surface area (Å²) in [5.74, 6) is 1.76. The standard InChI is InChI=1S/C11H18N4/c1-8(9-3-4-9)15(2)11-7-13-6-10(5-12)14-11/h6-9H,3-5,12H2,1-2H3. The fraction of sp³-hybridized carbons (Fsp3) is 0.636. The molecule has 1 aromatic heterocycles. The number of nitrogens with zero attached hydrogens (tertiary/aromatic N) is 3. The van der Waals surface area contributed by atoms with Gasteiger partial charge in [0, 0.05) is 25.8 Å². The molecular weight excluding hydrogens is 188 g/mol. The predicted molar refractivity (Wildman–Crippen MR) is 60.5 cm³/mol. The summed E-state index contributed by atoms with van der Waals surface area (Å²) < 4.78 is 0. The molecule has 1 saturated carbocycles. The van der Waals surface area contributed by atoms with E-state index in [1.54, 1.807) is 12.4 Å². The molecule has 1 unspecified atom stereocenters. The van der Waals surface area contributed by atoms with Gasteiger partial charge in [-0.1, -0.05) is 0 Å². The van der Waals surface area contributed by atoms with Crippen molar-refractivity contribution in [2.45, 2.75) is 32.4 Å². The van der Waals surface area contributed by atoms with Gasteiger partial charge >= 0.3 is 0 Å². The summed E-state index contributed by atoms with van der Waals surface area (Å²) >= 11 is 0. The predicted octanol–water partition coefficient (Wildman–Crippen LogP) is 1.17. The van der Waals surface area contributed by atoms with Crippen LogP contribution in [0.2, 0.25) is 0 Å². The van der Waals surface area contributed by atoms with Gasteiger partial charge in [0.25, 0.3) is 0 Å². The Morgan fingerprint density at radius 1 is 1.53 bits per heavy atom. The van der Waals surface area contributed by atoms with Crippen molar-refractivity contribution in [1.82, 2.24) is 9.97 Å². The molecule has 0 aromatic carbocycles. The van der Waals surface area contributed by atoms with Crippen molar-refractivity contribution in [3.63, 3.8) is 0 Å². The summed E-state index contributed by atoms with van der Waals surface area (Å²) in [7, 11) is 2.08. The molecule has 0 bridgehead atoms. The molecule has 0 amide bonds. The number of aromatic nitrogens is 2. The van der Waals surface area contributed by atoms with E-state index in [1.807, 2.05) is 0 Å². The van der Waals surface area contributed by atoms with Crippen LogP contribution in [0, 0.1) is 5.92 Å². The SMILES string of the molecule is CC(C1CC1)N(C)c1cncc(CN)n1. The van der Waals surface area contributed by atoms with E-state index in [0.717, 1.165) is 17.4 Å². The second-order valence-corrected chi connectivity index (χ2v) is 4.26. The quantitative estimate of drug-likeness (QED) is 0.803. The highest BCUT2D eigenvalue weighted by molar-refractivity contribution is 5.37. The summed E-state index contributed by atoms with van der Waals surface area (Å²) in [5.41, 5.74) is 6.40. The van der Waals surface area contributed by atoms with Crippen LogP contribution in [0.25, 0.3) is 0 Å². The van der Waals surface area contributed by atoms with Crippen LogP contribution in [0.4, 0.5) is 5.82 Å². The first-order chi connectivity index (χ1) is 7.22. The molecular formula is C11H18N4. The van der Waals surface area contributed by atoms with Crippen LogP contribution in [0.1, 0.15) is 25.5 Å². The number of nitrogens with two attached hydrogens (primary N) is 1. The third-order valence-electron chi connectivity index (χ3n) is 3.16. The lowest BCUT2D eigenvalue weighted by Crippen LogP contribution is -2.31. The Morgan fingerprint density at radius 3 is 2.87 bits per heavy atom. The van der Waals surface area contributed by atoms with E-state index in [9.17, 15) is 0 Å². The van der Waals surface area contributed by atoms with E-state index in [2.05, 4.69) is 28.8 Å². The number of anilines is 1. The normalized spacial score (nSPS) is 17.5. The minimum Gasteiger partial charge on any atom is -0.355 e. The molecule has 0 saturated heterocycles. The van der Waals surface area contributed by atoms with Crippen LogP contribution >= 0.6 is 0 Å². The average Bonchev–Trinajstić information content (AvgIpc) is 3.11. The molecule has 2 N–H and O–H groups in total. The summed E-state index contributed by atoms with van der Waals surface area (Å²) in [6.45, 7) is 2.70. The molecule has 0 radical (unpaired) electrons. The van der Waals surface area contributed by atoms with Gasteiger partial charge in [0.15, 0.2) is 0 Å². The van der Waals surface area contributed by atoms with E-state index in [1.165, 1.54) is 12.8 Å². The number of hydrogen-bond acceptors (Lipinski definition) is 4. The maximum Gasteiger partial charge on any atom is 0.147 e. The molecule has 1 heterocycles. The monoisotopic (exact) mass is 206 g/mol. The van der Waals surface area contributed by atoms with E-state index >= 15 is 0 Å². The Hall–Kier alpha value is -1.16. The molecule has 1 aliphatic rings. The van der Waals surface area contributed by atoms with E-state index in [-0.39, 0.29) is 0 Å². The molecule has 82 valence electrons. The Kier molecular flexibility index (Phi) is 2.86. The van der Waals surface area contributed by atoms with Crippen molar-refractivity contribution in [3.05, 3.63) is 18.1 Å². The summed E-state index contributed by atoms with van der Waals surface area (Å²) in [6, 6.07) is 0.548. The lowest BCUT2D eigenvalue weighted by atomic mass is 10.2. The second-order valence-electron chi connectivity index (χ2n) is 4.26. The lowest BCUT2D eigenvalue weighted by Gasteiger charge is -2.25. The zero-order valence-electron chi connectivity index (χ0n) is 9.35. The van der Waals surface area contributed by atoms with Crippen molar-refractivity contribution in [2.24, 2.45) is 11.7 Å². The fourth-order valence-corrected chi connectivity index (χ4v) is 1.77. The molecule has 0 spiro atoms. The third-order valence-corrected chi connectivity index (χ3v) is 3.16. The highest BCUT2D eigenvalue weighted by Gasteiger charge is 2.31. The first-order valence-corrected chi connectivity index (χ1v) is 5.46. The van der Waals surface area contributed by atoms with Crippen LogP contribution in [-0.2, 0) is 6.54 Å². The van der Waals surface area contributed by atoms with Crippen LogP contribution < -0.4 is 10.6 Å². The van der Waals surface area contributed by atoms with Crippen LogP contribution in [0.5, 0.6) is 0 Å². The second kappa shape index (κ2) is 4.14. The Labute approximate surface area is 90.5 Å². The van der Waals surface area contributed by atoms with Crippen LogP contribution in [0.3, 0.4) is 0 Å². The van der Waals surface area contributed by atoms with Gasteiger partial charge in [-0.05, 0) is 25.7 Å². The topological polar surface area (TPSA) is 55.0 Å². The molecule has 1 atom stereocenters. The minimum absolute atomic E-state index is 0.451. The average molecular weight is 206 g/mol. The highest BCUT2D eigenvalue weighted by atomic mass is 15.2. The van der Waals surface area contributed by atoms with Crippen molar-refractivity contribution in [3.8, 4) is 0 Å². The lowest BCUT2D eigenvalue weighted by molar-refractivity contribution is 0.602. The van der Waals surface area contributed by atoms with Crippen LogP contribution in [-0.4, -0.2) is 23.1 Å². The summed E-state index contributed by atoms with van der Waals surface area (Å²) in [5, 5.41) is 0. The smallest absolute Gasteiger partial charge is 0.147 e. The van der Waals surface area contributed by atoms with Gasteiger partial charge in [-0.2, -0.15) is 0 Å². The van der Waals surface area contributed by atoms with Crippen LogP contribution in [0.15, 0.2) is 12.4 Å². The Balaban J connectivity index is 2.12.